The van der Waals surface area contributed by atoms with Gasteiger partial charge in [-0.25, -0.2) is 9.67 Å². The van der Waals surface area contributed by atoms with Crippen LogP contribution in [-0.2, 0) is 20.0 Å². The summed E-state index contributed by atoms with van der Waals surface area (Å²) >= 11 is 0. The molecule has 0 radical (unpaired) electrons. The summed E-state index contributed by atoms with van der Waals surface area (Å²) < 4.78 is 8.93. The second-order valence-electron chi connectivity index (χ2n) is 4.50. The summed E-state index contributed by atoms with van der Waals surface area (Å²) in [6.45, 7) is 4.33. The van der Waals surface area contributed by atoms with Crippen molar-refractivity contribution in [1.82, 2.24) is 19.3 Å². The Balaban J connectivity index is 2.68. The van der Waals surface area contributed by atoms with Gasteiger partial charge in [0.2, 0.25) is 5.88 Å². The quantitative estimate of drug-likeness (QED) is 0.854. The van der Waals surface area contributed by atoms with Gasteiger partial charge in [-0.2, -0.15) is 5.10 Å². The van der Waals surface area contributed by atoms with Gasteiger partial charge in [0.25, 0.3) is 0 Å². The van der Waals surface area contributed by atoms with Gasteiger partial charge in [0.15, 0.2) is 0 Å². The lowest BCUT2D eigenvalue weighted by atomic mass is 10.2. The normalized spacial score (nSPS) is 10.6. The number of terminal acetylenes is 1. The Morgan fingerprint density at radius 1 is 1.45 bits per heavy atom. The van der Waals surface area contributed by atoms with Crippen molar-refractivity contribution in [3.8, 4) is 29.5 Å². The van der Waals surface area contributed by atoms with Crippen molar-refractivity contribution >= 4 is 5.82 Å². The molecule has 2 aromatic heterocycles. The maximum Gasteiger partial charge on any atom is 0.221 e. The molecule has 0 saturated carbocycles. The van der Waals surface area contributed by atoms with Crippen LogP contribution in [0.4, 0.5) is 5.82 Å². The van der Waals surface area contributed by atoms with Crippen molar-refractivity contribution in [3.05, 3.63) is 11.5 Å². The van der Waals surface area contributed by atoms with E-state index in [0.29, 0.717) is 23.9 Å². The zero-order valence-electron chi connectivity index (χ0n) is 12.3. The highest BCUT2D eigenvalue weighted by Crippen LogP contribution is 2.36. The molecular weight excluding hydrogens is 254 g/mol. The number of imidazole rings is 1. The zero-order valence-corrected chi connectivity index (χ0v) is 12.3. The number of nitrogens with zero attached hydrogens (tertiary/aromatic N) is 4. The van der Waals surface area contributed by atoms with E-state index in [4.69, 9.17) is 16.9 Å². The van der Waals surface area contributed by atoms with Gasteiger partial charge in [0.1, 0.15) is 17.3 Å². The van der Waals surface area contributed by atoms with Crippen molar-refractivity contribution in [2.75, 3.05) is 12.8 Å². The molecule has 106 valence electrons. The third-order valence-electron chi connectivity index (χ3n) is 3.25. The molecule has 0 fully saturated rings. The Morgan fingerprint density at radius 2 is 2.15 bits per heavy atom. The molecule has 2 N–H and O–H groups in total. The van der Waals surface area contributed by atoms with Gasteiger partial charge in [-0.3, -0.25) is 0 Å². The van der Waals surface area contributed by atoms with Crippen LogP contribution in [0, 0.1) is 19.3 Å². The van der Waals surface area contributed by atoms with E-state index >= 15 is 0 Å². The van der Waals surface area contributed by atoms with Crippen LogP contribution in [0.25, 0.3) is 11.3 Å². The van der Waals surface area contributed by atoms with E-state index in [0.717, 1.165) is 23.5 Å². The fourth-order valence-electron chi connectivity index (χ4n) is 2.38. The standard InChI is InChI=1S/C14H19N5O/c1-6-8-19-10(7-2)16-12(13(19)15)11-9(3)17-18(4)14(11)20-5/h1H,7-8,15H2,2-5H3. The maximum absolute atomic E-state index is 6.21. The first kappa shape index (κ1) is 14.0. The third kappa shape index (κ3) is 2.01. The summed E-state index contributed by atoms with van der Waals surface area (Å²) in [7, 11) is 3.43. The first-order valence-electron chi connectivity index (χ1n) is 6.41. The molecular formula is C14H19N5O. The number of methoxy groups -OCH3 is 1. The second kappa shape index (κ2) is 5.29. The molecule has 0 bridgehead atoms. The van der Waals surface area contributed by atoms with E-state index in [9.17, 15) is 0 Å². The molecule has 20 heavy (non-hydrogen) atoms. The molecule has 0 spiro atoms. The average Bonchev–Trinajstić information content (AvgIpc) is 2.87. The molecule has 2 heterocycles. The summed E-state index contributed by atoms with van der Waals surface area (Å²) in [6, 6.07) is 0. The topological polar surface area (TPSA) is 70.9 Å². The predicted octanol–water partition coefficient (Wildman–Crippen LogP) is 1.38. The molecule has 2 rings (SSSR count). The number of aromatic nitrogens is 4. The fraction of sp³-hybridized carbons (Fsp3) is 0.429. The number of ether oxygens (including phenoxy) is 1. The van der Waals surface area contributed by atoms with Crippen LogP contribution in [0.2, 0.25) is 0 Å². The molecule has 0 aromatic carbocycles. The largest absolute Gasteiger partial charge is 0.481 e. The number of hydrogen-bond acceptors (Lipinski definition) is 4. The highest BCUT2D eigenvalue weighted by molar-refractivity contribution is 5.77. The minimum atomic E-state index is 0.406. The highest BCUT2D eigenvalue weighted by Gasteiger charge is 2.23. The first-order valence-corrected chi connectivity index (χ1v) is 6.41. The van der Waals surface area contributed by atoms with Gasteiger partial charge in [-0.05, 0) is 6.92 Å². The molecule has 0 aliphatic rings. The summed E-state index contributed by atoms with van der Waals surface area (Å²) in [5.74, 6) is 4.66. The van der Waals surface area contributed by atoms with E-state index < -0.39 is 0 Å². The number of rotatable bonds is 4. The monoisotopic (exact) mass is 273 g/mol. The molecule has 0 amide bonds. The molecule has 6 heteroatoms. The van der Waals surface area contributed by atoms with Crippen LogP contribution in [0.15, 0.2) is 0 Å². The van der Waals surface area contributed by atoms with Crippen molar-refractivity contribution in [1.29, 1.82) is 0 Å². The van der Waals surface area contributed by atoms with Crippen molar-refractivity contribution in [2.24, 2.45) is 7.05 Å². The molecule has 0 aliphatic heterocycles. The van der Waals surface area contributed by atoms with Crippen LogP contribution >= 0.6 is 0 Å². The zero-order chi connectivity index (χ0) is 14.9. The van der Waals surface area contributed by atoms with Crippen LogP contribution < -0.4 is 10.5 Å². The minimum Gasteiger partial charge on any atom is -0.481 e. The maximum atomic E-state index is 6.21. The molecule has 2 aromatic rings. The molecule has 0 saturated heterocycles. The van der Waals surface area contributed by atoms with Gasteiger partial charge in [-0.15, -0.1) is 6.42 Å². The fourth-order valence-corrected chi connectivity index (χ4v) is 2.38. The molecule has 0 atom stereocenters. The average molecular weight is 273 g/mol. The number of anilines is 1. The highest BCUT2D eigenvalue weighted by atomic mass is 16.5. The summed E-state index contributed by atoms with van der Waals surface area (Å²) in [4.78, 5) is 4.61. The number of nitrogens with two attached hydrogens (primary N) is 1. The first-order chi connectivity index (χ1) is 9.54. The van der Waals surface area contributed by atoms with Crippen molar-refractivity contribution in [3.63, 3.8) is 0 Å². The Kier molecular flexibility index (Phi) is 3.70. The second-order valence-corrected chi connectivity index (χ2v) is 4.50. The summed E-state index contributed by atoms with van der Waals surface area (Å²) in [6.07, 6.45) is 6.15. The van der Waals surface area contributed by atoms with Gasteiger partial charge >= 0.3 is 0 Å². The van der Waals surface area contributed by atoms with Crippen molar-refractivity contribution in [2.45, 2.75) is 26.8 Å². The Bertz CT molecular complexity index is 675. The lowest BCUT2D eigenvalue weighted by molar-refractivity contribution is 0.374. The third-order valence-corrected chi connectivity index (χ3v) is 3.25. The summed E-state index contributed by atoms with van der Waals surface area (Å²) in [5, 5.41) is 4.36. The van der Waals surface area contributed by atoms with E-state index in [1.807, 2.05) is 25.5 Å². The predicted molar refractivity (Wildman–Crippen MR) is 78.3 cm³/mol. The molecule has 6 nitrogen and oxygen atoms in total. The number of hydrogen-bond donors (Lipinski definition) is 1. The lowest BCUT2D eigenvalue weighted by Gasteiger charge is -2.05. The number of nitrogen functional groups attached to an aromatic ring is 1. The Morgan fingerprint density at radius 3 is 2.70 bits per heavy atom. The lowest BCUT2D eigenvalue weighted by Crippen LogP contribution is -2.05. The van der Waals surface area contributed by atoms with Gasteiger partial charge in [0, 0.05) is 13.5 Å². The summed E-state index contributed by atoms with van der Waals surface area (Å²) in [5.41, 5.74) is 8.53. The van der Waals surface area contributed by atoms with Crippen LogP contribution in [0.3, 0.4) is 0 Å². The van der Waals surface area contributed by atoms with E-state index in [1.165, 1.54) is 0 Å². The van der Waals surface area contributed by atoms with E-state index in [1.54, 1.807) is 11.8 Å². The molecule has 0 unspecified atom stereocenters. The van der Waals surface area contributed by atoms with Gasteiger partial charge in [-0.1, -0.05) is 12.8 Å². The minimum absolute atomic E-state index is 0.406. The number of aryl methyl sites for hydroxylation is 3. The van der Waals surface area contributed by atoms with E-state index in [-0.39, 0.29) is 0 Å². The van der Waals surface area contributed by atoms with Crippen LogP contribution in [0.1, 0.15) is 18.4 Å². The Labute approximate surface area is 118 Å². The SMILES string of the molecule is C#CCn1c(CC)nc(-c2c(C)nn(C)c2OC)c1N. The van der Waals surface area contributed by atoms with Crippen molar-refractivity contribution < 1.29 is 4.74 Å². The molecule has 0 aliphatic carbocycles. The smallest absolute Gasteiger partial charge is 0.221 e. The van der Waals surface area contributed by atoms with Gasteiger partial charge < -0.3 is 15.0 Å². The Hall–Kier alpha value is -2.42. The van der Waals surface area contributed by atoms with Crippen LogP contribution in [-0.4, -0.2) is 26.4 Å². The van der Waals surface area contributed by atoms with E-state index in [2.05, 4.69) is 16.0 Å². The van der Waals surface area contributed by atoms with Crippen LogP contribution in [0.5, 0.6) is 5.88 Å². The van der Waals surface area contributed by atoms with Gasteiger partial charge in [0.05, 0.1) is 24.9 Å².